The molecule has 0 spiro atoms. The van der Waals surface area contributed by atoms with E-state index < -0.39 is 12.0 Å². The fraction of sp³-hybridized carbons (Fsp3) is 0.120. The van der Waals surface area contributed by atoms with Crippen molar-refractivity contribution in [1.29, 1.82) is 0 Å². The van der Waals surface area contributed by atoms with Crippen molar-refractivity contribution >= 4 is 49.4 Å². The molecule has 1 N–H and O–H groups in total. The van der Waals surface area contributed by atoms with Gasteiger partial charge in [0.25, 0.3) is 5.91 Å². The molecule has 4 aromatic carbocycles. The molecular weight excluding hydrogens is 442 g/mol. The minimum Gasteiger partial charge on any atom is -0.467 e. The van der Waals surface area contributed by atoms with Crippen molar-refractivity contribution in [3.63, 3.8) is 0 Å². The van der Waals surface area contributed by atoms with Gasteiger partial charge >= 0.3 is 5.97 Å². The van der Waals surface area contributed by atoms with Gasteiger partial charge in [0, 0.05) is 10.9 Å². The van der Waals surface area contributed by atoms with Crippen LogP contribution in [-0.2, 0) is 16.0 Å². The first kappa shape index (κ1) is 20.1. The second-order valence-electron chi connectivity index (χ2n) is 7.07. The van der Waals surface area contributed by atoms with Crippen LogP contribution in [0.25, 0.3) is 21.5 Å². The SMILES string of the molecule is COC(=O)[C@H](Cc1ccc(Br)cc1)NC(=O)c1c2ccccc2cc2ccccc12. The van der Waals surface area contributed by atoms with E-state index in [1.54, 1.807) is 0 Å². The molecule has 0 heterocycles. The Hall–Kier alpha value is -3.18. The van der Waals surface area contributed by atoms with Crippen molar-refractivity contribution in [2.24, 2.45) is 0 Å². The standard InChI is InChI=1S/C25H20BrNO3/c1-30-25(29)22(14-16-10-12-19(26)13-11-16)27-24(28)23-20-8-4-2-6-17(20)15-18-7-3-5-9-21(18)23/h2-13,15,22H,14H2,1H3,(H,27,28)/t22-/m0/s1. The van der Waals surface area contributed by atoms with Gasteiger partial charge in [0.2, 0.25) is 0 Å². The number of halogens is 1. The van der Waals surface area contributed by atoms with Crippen LogP contribution in [0.15, 0.2) is 83.3 Å². The van der Waals surface area contributed by atoms with E-state index in [0.29, 0.717) is 12.0 Å². The predicted octanol–water partition coefficient (Wildman–Crippen LogP) is 5.27. The lowest BCUT2D eigenvalue weighted by molar-refractivity contribution is -0.142. The van der Waals surface area contributed by atoms with Gasteiger partial charge in [-0.1, -0.05) is 76.6 Å². The van der Waals surface area contributed by atoms with Gasteiger partial charge in [-0.25, -0.2) is 4.79 Å². The van der Waals surface area contributed by atoms with Crippen LogP contribution in [0.5, 0.6) is 0 Å². The lowest BCUT2D eigenvalue weighted by Crippen LogP contribution is -2.43. The summed E-state index contributed by atoms with van der Waals surface area (Å²) in [5.74, 6) is -0.772. The maximum Gasteiger partial charge on any atom is 0.328 e. The molecule has 4 rings (SSSR count). The minimum atomic E-state index is -0.790. The second kappa shape index (κ2) is 8.67. The summed E-state index contributed by atoms with van der Waals surface area (Å²) >= 11 is 3.41. The van der Waals surface area contributed by atoms with E-state index in [2.05, 4.69) is 27.3 Å². The Kier molecular flexibility index (Phi) is 5.81. The summed E-state index contributed by atoms with van der Waals surface area (Å²) in [6, 6.07) is 24.5. The van der Waals surface area contributed by atoms with Gasteiger partial charge < -0.3 is 10.1 Å². The number of ether oxygens (including phenoxy) is 1. The third-order valence-electron chi connectivity index (χ3n) is 5.14. The number of rotatable bonds is 5. The monoisotopic (exact) mass is 461 g/mol. The van der Waals surface area contributed by atoms with Crippen molar-refractivity contribution in [1.82, 2.24) is 5.32 Å². The molecule has 0 aliphatic carbocycles. The van der Waals surface area contributed by atoms with Crippen LogP contribution in [0.3, 0.4) is 0 Å². The highest BCUT2D eigenvalue weighted by Crippen LogP contribution is 2.28. The molecule has 1 amide bonds. The molecule has 0 saturated heterocycles. The number of hydrogen-bond donors (Lipinski definition) is 1. The number of esters is 1. The van der Waals surface area contributed by atoms with Crippen molar-refractivity contribution in [3.05, 3.63) is 94.5 Å². The molecule has 0 bridgehead atoms. The van der Waals surface area contributed by atoms with Gasteiger partial charge in [-0.2, -0.15) is 0 Å². The van der Waals surface area contributed by atoms with E-state index in [-0.39, 0.29) is 5.91 Å². The van der Waals surface area contributed by atoms with Crippen LogP contribution >= 0.6 is 15.9 Å². The highest BCUT2D eigenvalue weighted by molar-refractivity contribution is 9.10. The third-order valence-corrected chi connectivity index (χ3v) is 5.67. The van der Waals surface area contributed by atoms with Crippen LogP contribution in [0.2, 0.25) is 0 Å². The van der Waals surface area contributed by atoms with Gasteiger partial charge in [-0.05, 0) is 45.3 Å². The molecule has 4 nitrogen and oxygen atoms in total. The molecule has 0 saturated carbocycles. The molecule has 0 aliphatic rings. The van der Waals surface area contributed by atoms with Crippen molar-refractivity contribution in [3.8, 4) is 0 Å². The van der Waals surface area contributed by atoms with Crippen LogP contribution in [0.1, 0.15) is 15.9 Å². The molecule has 30 heavy (non-hydrogen) atoms. The van der Waals surface area contributed by atoms with E-state index >= 15 is 0 Å². The lowest BCUT2D eigenvalue weighted by Gasteiger charge is -2.18. The largest absolute Gasteiger partial charge is 0.467 e. The zero-order chi connectivity index (χ0) is 21.1. The van der Waals surface area contributed by atoms with Crippen molar-refractivity contribution in [2.45, 2.75) is 12.5 Å². The number of hydrogen-bond acceptors (Lipinski definition) is 3. The highest BCUT2D eigenvalue weighted by atomic mass is 79.9. The Labute approximate surface area is 183 Å². The summed E-state index contributed by atoms with van der Waals surface area (Å²) in [4.78, 5) is 25.9. The minimum absolute atomic E-state index is 0.296. The normalized spacial score (nSPS) is 11.9. The van der Waals surface area contributed by atoms with E-state index in [1.807, 2.05) is 72.8 Å². The molecule has 1 atom stereocenters. The number of carbonyl (C=O) groups is 2. The number of nitrogens with one attached hydrogen (secondary N) is 1. The highest BCUT2D eigenvalue weighted by Gasteiger charge is 2.24. The maximum absolute atomic E-state index is 13.4. The maximum atomic E-state index is 13.4. The molecular formula is C25H20BrNO3. The van der Waals surface area contributed by atoms with Crippen LogP contribution in [0.4, 0.5) is 0 Å². The summed E-state index contributed by atoms with van der Waals surface area (Å²) in [7, 11) is 1.33. The molecule has 0 aliphatic heterocycles. The number of carbonyl (C=O) groups excluding carboxylic acids is 2. The quantitative estimate of drug-likeness (QED) is 0.325. The molecule has 0 fully saturated rings. The summed E-state index contributed by atoms with van der Waals surface area (Å²) < 4.78 is 5.91. The van der Waals surface area contributed by atoms with E-state index in [9.17, 15) is 9.59 Å². The Morgan fingerprint density at radius 2 is 1.47 bits per heavy atom. The number of amides is 1. The fourth-order valence-electron chi connectivity index (χ4n) is 3.68. The zero-order valence-corrected chi connectivity index (χ0v) is 18.0. The second-order valence-corrected chi connectivity index (χ2v) is 7.99. The van der Waals surface area contributed by atoms with Crippen LogP contribution in [-0.4, -0.2) is 25.0 Å². The fourth-order valence-corrected chi connectivity index (χ4v) is 3.94. The Morgan fingerprint density at radius 1 is 0.900 bits per heavy atom. The molecule has 5 heteroatoms. The van der Waals surface area contributed by atoms with Gasteiger partial charge in [-0.3, -0.25) is 4.79 Å². The van der Waals surface area contributed by atoms with Gasteiger partial charge in [0.15, 0.2) is 0 Å². The van der Waals surface area contributed by atoms with E-state index in [0.717, 1.165) is 31.6 Å². The van der Waals surface area contributed by atoms with E-state index in [1.165, 1.54) is 7.11 Å². The Balaban J connectivity index is 1.74. The first-order valence-corrected chi connectivity index (χ1v) is 10.4. The Bertz CT molecular complexity index is 1180. The Morgan fingerprint density at radius 3 is 2.03 bits per heavy atom. The first-order chi connectivity index (χ1) is 14.6. The molecule has 4 aromatic rings. The van der Waals surface area contributed by atoms with Gasteiger partial charge in [0.05, 0.1) is 12.7 Å². The van der Waals surface area contributed by atoms with Crippen molar-refractivity contribution < 1.29 is 14.3 Å². The predicted molar refractivity (Wildman–Crippen MR) is 123 cm³/mol. The van der Waals surface area contributed by atoms with Crippen molar-refractivity contribution in [2.75, 3.05) is 7.11 Å². The van der Waals surface area contributed by atoms with Crippen LogP contribution < -0.4 is 5.32 Å². The first-order valence-electron chi connectivity index (χ1n) is 9.60. The van der Waals surface area contributed by atoms with Gasteiger partial charge in [0.1, 0.15) is 6.04 Å². The number of fused-ring (bicyclic) bond motifs is 2. The molecule has 0 radical (unpaired) electrons. The average molecular weight is 462 g/mol. The zero-order valence-electron chi connectivity index (χ0n) is 16.4. The van der Waals surface area contributed by atoms with E-state index in [4.69, 9.17) is 4.74 Å². The summed E-state index contributed by atoms with van der Waals surface area (Å²) in [6.07, 6.45) is 0.342. The number of methoxy groups -OCH3 is 1. The van der Waals surface area contributed by atoms with Crippen LogP contribution in [0, 0.1) is 0 Å². The average Bonchev–Trinajstić information content (AvgIpc) is 2.77. The smallest absolute Gasteiger partial charge is 0.328 e. The van der Waals surface area contributed by atoms with Gasteiger partial charge in [-0.15, -0.1) is 0 Å². The third kappa shape index (κ3) is 4.07. The summed E-state index contributed by atoms with van der Waals surface area (Å²) in [5, 5.41) is 6.55. The topological polar surface area (TPSA) is 55.4 Å². The lowest BCUT2D eigenvalue weighted by atomic mass is 9.96. The molecule has 150 valence electrons. The summed E-state index contributed by atoms with van der Waals surface area (Å²) in [5.41, 5.74) is 1.49. The number of benzene rings is 4. The molecule has 0 aromatic heterocycles. The summed E-state index contributed by atoms with van der Waals surface area (Å²) in [6.45, 7) is 0. The molecule has 0 unspecified atom stereocenters.